The first-order valence-corrected chi connectivity index (χ1v) is 4.62. The highest BCUT2D eigenvalue weighted by Crippen LogP contribution is 2.02. The lowest BCUT2D eigenvalue weighted by atomic mass is 10.4. The third-order valence-electron chi connectivity index (χ3n) is 1.72. The first kappa shape index (κ1) is 11.4. The van der Waals surface area contributed by atoms with E-state index in [1.165, 1.54) is 13.3 Å². The first-order chi connectivity index (χ1) is 7.27. The van der Waals surface area contributed by atoms with E-state index < -0.39 is 5.97 Å². The monoisotopic (exact) mass is 210 g/mol. The molecule has 6 heteroatoms. The van der Waals surface area contributed by atoms with Crippen LogP contribution in [0.1, 0.15) is 16.9 Å². The largest absolute Gasteiger partial charge is 0.464 e. The number of esters is 1. The van der Waals surface area contributed by atoms with Gasteiger partial charge in [0.15, 0.2) is 5.69 Å². The van der Waals surface area contributed by atoms with Gasteiger partial charge < -0.3 is 15.8 Å². The fourth-order valence-corrected chi connectivity index (χ4v) is 0.973. The Kier molecular flexibility index (Phi) is 4.49. The lowest BCUT2D eigenvalue weighted by Crippen LogP contribution is -2.11. The lowest BCUT2D eigenvalue weighted by molar-refractivity contribution is 0.0593. The van der Waals surface area contributed by atoms with Crippen LogP contribution in [0.2, 0.25) is 0 Å². The molecule has 1 aromatic heterocycles. The third-order valence-corrected chi connectivity index (χ3v) is 1.72. The zero-order valence-electron chi connectivity index (χ0n) is 8.56. The quantitative estimate of drug-likeness (QED) is 0.526. The second-order valence-electron chi connectivity index (χ2n) is 2.85. The molecule has 0 aliphatic heterocycles. The Balaban J connectivity index is 2.62. The van der Waals surface area contributed by atoms with Crippen molar-refractivity contribution in [2.45, 2.75) is 6.42 Å². The molecule has 0 amide bonds. The molecule has 0 saturated heterocycles. The van der Waals surface area contributed by atoms with Crippen LogP contribution < -0.4 is 11.1 Å². The number of rotatable bonds is 5. The Bertz CT molecular complexity index is 330. The van der Waals surface area contributed by atoms with Gasteiger partial charge in [0.2, 0.25) is 0 Å². The van der Waals surface area contributed by atoms with Gasteiger partial charge >= 0.3 is 5.97 Å². The number of anilines is 1. The summed E-state index contributed by atoms with van der Waals surface area (Å²) < 4.78 is 4.53. The number of aromatic nitrogens is 2. The van der Waals surface area contributed by atoms with Gasteiger partial charge in [-0.25, -0.2) is 9.78 Å². The van der Waals surface area contributed by atoms with Gasteiger partial charge in [-0.05, 0) is 13.0 Å². The van der Waals surface area contributed by atoms with Crippen molar-refractivity contribution in [2.24, 2.45) is 5.73 Å². The average Bonchev–Trinajstić information content (AvgIpc) is 2.29. The standard InChI is InChI=1S/C9H14N4O2/c1-15-9(14)7-5-11-6-8(13-7)12-4-2-3-10/h5-6H,2-4,10H2,1H3,(H,12,13). The van der Waals surface area contributed by atoms with Crippen molar-refractivity contribution in [3.63, 3.8) is 0 Å². The van der Waals surface area contributed by atoms with Crippen LogP contribution in [0.4, 0.5) is 5.82 Å². The van der Waals surface area contributed by atoms with E-state index in [0.29, 0.717) is 18.9 Å². The molecule has 3 N–H and O–H groups in total. The van der Waals surface area contributed by atoms with Crippen LogP contribution in [0.5, 0.6) is 0 Å². The maximum absolute atomic E-state index is 11.1. The van der Waals surface area contributed by atoms with Gasteiger partial charge in [0, 0.05) is 6.54 Å². The van der Waals surface area contributed by atoms with Crippen LogP contribution in [-0.4, -0.2) is 36.1 Å². The number of methoxy groups -OCH3 is 1. The summed E-state index contributed by atoms with van der Waals surface area (Å²) in [6.45, 7) is 1.31. The van der Waals surface area contributed by atoms with Gasteiger partial charge in [-0.15, -0.1) is 0 Å². The molecule has 1 heterocycles. The van der Waals surface area contributed by atoms with Gasteiger partial charge in [-0.3, -0.25) is 4.98 Å². The summed E-state index contributed by atoms with van der Waals surface area (Å²) in [4.78, 5) is 19.0. The molecule has 1 rings (SSSR count). The van der Waals surface area contributed by atoms with Crippen molar-refractivity contribution in [3.8, 4) is 0 Å². The fraction of sp³-hybridized carbons (Fsp3) is 0.444. The molecular weight excluding hydrogens is 196 g/mol. The van der Waals surface area contributed by atoms with E-state index in [-0.39, 0.29) is 5.69 Å². The van der Waals surface area contributed by atoms with E-state index in [4.69, 9.17) is 5.73 Å². The van der Waals surface area contributed by atoms with Crippen molar-refractivity contribution in [1.29, 1.82) is 0 Å². The summed E-state index contributed by atoms with van der Waals surface area (Å²) in [5, 5.41) is 3.00. The van der Waals surface area contributed by atoms with Crippen LogP contribution in [0.3, 0.4) is 0 Å². The summed E-state index contributed by atoms with van der Waals surface area (Å²) in [5.74, 6) is 0.0522. The van der Waals surface area contributed by atoms with E-state index in [0.717, 1.165) is 6.42 Å². The Morgan fingerprint density at radius 1 is 1.60 bits per heavy atom. The van der Waals surface area contributed by atoms with Gasteiger partial charge in [0.05, 0.1) is 19.5 Å². The normalized spacial score (nSPS) is 9.73. The maximum Gasteiger partial charge on any atom is 0.358 e. The molecule has 0 saturated carbocycles. The molecule has 0 atom stereocenters. The Morgan fingerprint density at radius 3 is 3.07 bits per heavy atom. The summed E-state index contributed by atoms with van der Waals surface area (Å²) in [5.41, 5.74) is 5.53. The van der Waals surface area contributed by atoms with E-state index in [1.807, 2.05) is 0 Å². The number of nitrogens with two attached hydrogens (primary N) is 1. The molecule has 0 spiro atoms. The van der Waals surface area contributed by atoms with Crippen LogP contribution in [0.25, 0.3) is 0 Å². The molecule has 0 bridgehead atoms. The predicted molar refractivity (Wildman–Crippen MR) is 55.5 cm³/mol. The molecule has 0 radical (unpaired) electrons. The molecule has 0 aromatic carbocycles. The molecule has 0 aliphatic carbocycles. The van der Waals surface area contributed by atoms with Crippen LogP contribution in [0.15, 0.2) is 12.4 Å². The number of hydrogen-bond donors (Lipinski definition) is 2. The summed E-state index contributed by atoms with van der Waals surface area (Å²) in [6.07, 6.45) is 3.74. The molecule has 6 nitrogen and oxygen atoms in total. The van der Waals surface area contributed by atoms with Crippen molar-refractivity contribution >= 4 is 11.8 Å². The Labute approximate surface area is 87.9 Å². The smallest absolute Gasteiger partial charge is 0.358 e. The number of hydrogen-bond acceptors (Lipinski definition) is 6. The summed E-state index contributed by atoms with van der Waals surface area (Å²) >= 11 is 0. The number of carbonyl (C=O) groups is 1. The van der Waals surface area contributed by atoms with Crippen molar-refractivity contribution < 1.29 is 9.53 Å². The van der Waals surface area contributed by atoms with Gasteiger partial charge in [0.25, 0.3) is 0 Å². The van der Waals surface area contributed by atoms with Crippen LogP contribution in [-0.2, 0) is 4.74 Å². The minimum atomic E-state index is -0.495. The number of nitrogens with one attached hydrogen (secondary N) is 1. The topological polar surface area (TPSA) is 90.1 Å². The van der Waals surface area contributed by atoms with Gasteiger partial charge in [-0.1, -0.05) is 0 Å². The SMILES string of the molecule is COC(=O)c1cncc(NCCCN)n1. The molecular formula is C9H14N4O2. The number of nitrogens with zero attached hydrogens (tertiary/aromatic N) is 2. The highest BCUT2D eigenvalue weighted by molar-refractivity contribution is 5.87. The highest BCUT2D eigenvalue weighted by atomic mass is 16.5. The van der Waals surface area contributed by atoms with Crippen molar-refractivity contribution in [3.05, 3.63) is 18.1 Å². The number of ether oxygens (including phenoxy) is 1. The van der Waals surface area contributed by atoms with Crippen molar-refractivity contribution in [2.75, 3.05) is 25.5 Å². The molecule has 0 fully saturated rings. The van der Waals surface area contributed by atoms with Gasteiger partial charge in [0.1, 0.15) is 5.82 Å². The zero-order chi connectivity index (χ0) is 11.1. The zero-order valence-corrected chi connectivity index (χ0v) is 8.56. The Hall–Kier alpha value is -1.69. The van der Waals surface area contributed by atoms with Crippen molar-refractivity contribution in [1.82, 2.24) is 9.97 Å². The van der Waals surface area contributed by atoms with E-state index >= 15 is 0 Å². The molecule has 1 aromatic rings. The average molecular weight is 210 g/mol. The summed E-state index contributed by atoms with van der Waals surface area (Å²) in [6, 6.07) is 0. The predicted octanol–water partition coefficient (Wildman–Crippen LogP) is 0.0239. The molecule has 82 valence electrons. The van der Waals surface area contributed by atoms with Crippen LogP contribution >= 0.6 is 0 Å². The fourth-order valence-electron chi connectivity index (χ4n) is 0.973. The second-order valence-corrected chi connectivity index (χ2v) is 2.85. The van der Waals surface area contributed by atoms with Gasteiger partial charge in [-0.2, -0.15) is 0 Å². The molecule has 0 unspecified atom stereocenters. The highest BCUT2D eigenvalue weighted by Gasteiger charge is 2.07. The second kappa shape index (κ2) is 5.92. The Morgan fingerprint density at radius 2 is 2.40 bits per heavy atom. The number of carbonyl (C=O) groups excluding carboxylic acids is 1. The minimum absolute atomic E-state index is 0.190. The van der Waals surface area contributed by atoms with Crippen LogP contribution in [0, 0.1) is 0 Å². The lowest BCUT2D eigenvalue weighted by Gasteiger charge is -2.04. The van der Waals surface area contributed by atoms with E-state index in [9.17, 15) is 4.79 Å². The van der Waals surface area contributed by atoms with E-state index in [2.05, 4.69) is 20.0 Å². The molecule has 15 heavy (non-hydrogen) atoms. The van der Waals surface area contributed by atoms with E-state index in [1.54, 1.807) is 6.20 Å². The minimum Gasteiger partial charge on any atom is -0.464 e. The third kappa shape index (κ3) is 3.51. The summed E-state index contributed by atoms with van der Waals surface area (Å²) in [7, 11) is 1.30. The molecule has 0 aliphatic rings. The maximum atomic E-state index is 11.1. The first-order valence-electron chi connectivity index (χ1n) is 4.62.